The van der Waals surface area contributed by atoms with Crippen molar-refractivity contribution in [2.75, 3.05) is 18.9 Å². The maximum absolute atomic E-state index is 12.3. The highest BCUT2D eigenvalue weighted by atomic mass is 32.2. The number of nitrogens with one attached hydrogen (secondary N) is 2. The monoisotopic (exact) mass is 391 g/mol. The first kappa shape index (κ1) is 18.2. The van der Waals surface area contributed by atoms with E-state index in [1.807, 2.05) is 6.92 Å². The van der Waals surface area contributed by atoms with Crippen LogP contribution in [0.1, 0.15) is 5.82 Å². The number of aromatic amines is 1. The van der Waals surface area contributed by atoms with Gasteiger partial charge in [-0.25, -0.2) is 13.4 Å². The molecule has 0 bridgehead atoms. The highest BCUT2D eigenvalue weighted by Crippen LogP contribution is 2.20. The minimum atomic E-state index is -3.65. The molecule has 10 heteroatoms. The summed E-state index contributed by atoms with van der Waals surface area (Å²) >= 11 is 1.11. The molecule has 2 heterocycles. The third-order valence-corrected chi connectivity index (χ3v) is 6.73. The Morgan fingerprint density at radius 1 is 1.27 bits per heavy atom. The Kier molecular flexibility index (Phi) is 5.16. The molecule has 26 heavy (non-hydrogen) atoms. The van der Waals surface area contributed by atoms with E-state index in [9.17, 15) is 13.2 Å². The maximum atomic E-state index is 12.3. The van der Waals surface area contributed by atoms with Gasteiger partial charge in [-0.2, -0.15) is 9.40 Å². The van der Waals surface area contributed by atoms with Gasteiger partial charge in [0.15, 0.2) is 5.82 Å². The van der Waals surface area contributed by atoms with Gasteiger partial charge in [-0.05, 0) is 42.6 Å². The van der Waals surface area contributed by atoms with Crippen molar-refractivity contribution in [2.45, 2.75) is 11.1 Å². The van der Waals surface area contributed by atoms with Crippen molar-refractivity contribution in [2.24, 2.45) is 0 Å². The van der Waals surface area contributed by atoms with Crippen molar-refractivity contribution < 1.29 is 13.2 Å². The Bertz CT molecular complexity index is 995. The molecule has 0 aliphatic carbocycles. The number of hydrogen-bond acceptors (Lipinski definition) is 6. The van der Waals surface area contributed by atoms with Crippen molar-refractivity contribution in [1.82, 2.24) is 19.5 Å². The number of thiophene rings is 1. The van der Waals surface area contributed by atoms with Crippen LogP contribution < -0.4 is 5.32 Å². The normalized spacial score (nSPS) is 11.7. The predicted octanol–water partition coefficient (Wildman–Crippen LogP) is 2.10. The summed E-state index contributed by atoms with van der Waals surface area (Å²) in [5.41, 5.74) is 1.37. The number of carbonyl (C=O) groups excluding carboxylic acids is 1. The van der Waals surface area contributed by atoms with Crippen molar-refractivity contribution >= 4 is 33.0 Å². The lowest BCUT2D eigenvalue weighted by Gasteiger charge is -2.15. The summed E-state index contributed by atoms with van der Waals surface area (Å²) in [4.78, 5) is 16.4. The fraction of sp³-hybridized carbons (Fsp3) is 0.188. The largest absolute Gasteiger partial charge is 0.325 e. The molecule has 136 valence electrons. The van der Waals surface area contributed by atoms with Crippen LogP contribution >= 0.6 is 11.3 Å². The van der Waals surface area contributed by atoms with E-state index in [0.29, 0.717) is 17.3 Å². The second kappa shape index (κ2) is 7.36. The van der Waals surface area contributed by atoms with Crippen LogP contribution in [0.3, 0.4) is 0 Å². The maximum Gasteiger partial charge on any atom is 0.252 e. The average molecular weight is 391 g/mol. The zero-order chi connectivity index (χ0) is 18.7. The van der Waals surface area contributed by atoms with E-state index < -0.39 is 15.9 Å². The first-order valence-corrected chi connectivity index (χ1v) is 9.97. The molecule has 2 N–H and O–H groups in total. The number of likely N-dealkylation sites (N-methyl/N-ethyl adjacent to an activating group) is 1. The van der Waals surface area contributed by atoms with Gasteiger partial charge in [-0.1, -0.05) is 6.07 Å². The molecule has 2 aromatic heterocycles. The van der Waals surface area contributed by atoms with Crippen LogP contribution in [-0.2, 0) is 14.8 Å². The number of rotatable bonds is 6. The fourth-order valence-electron chi connectivity index (χ4n) is 2.23. The molecule has 3 rings (SSSR count). The van der Waals surface area contributed by atoms with Crippen LogP contribution in [0.25, 0.3) is 11.4 Å². The summed E-state index contributed by atoms with van der Waals surface area (Å²) in [6, 6.07) is 10.2. The van der Waals surface area contributed by atoms with Gasteiger partial charge in [0, 0.05) is 18.3 Å². The van der Waals surface area contributed by atoms with Gasteiger partial charge >= 0.3 is 0 Å². The second-order valence-electron chi connectivity index (χ2n) is 5.56. The summed E-state index contributed by atoms with van der Waals surface area (Å²) in [7, 11) is -2.27. The third-order valence-electron chi connectivity index (χ3n) is 3.55. The molecule has 1 aromatic carbocycles. The molecule has 0 saturated heterocycles. The summed E-state index contributed by atoms with van der Waals surface area (Å²) in [5.74, 6) is 0.864. The molecule has 8 nitrogen and oxygen atoms in total. The van der Waals surface area contributed by atoms with Crippen LogP contribution in [0.2, 0.25) is 0 Å². The SMILES string of the molecule is Cc1nc(-c2ccc(NC(=O)CN(C)S(=O)(=O)c3cccs3)cc2)n[nH]1. The Morgan fingerprint density at radius 3 is 2.58 bits per heavy atom. The van der Waals surface area contributed by atoms with E-state index >= 15 is 0 Å². The number of aromatic nitrogens is 3. The number of anilines is 1. The van der Waals surface area contributed by atoms with E-state index in [0.717, 1.165) is 21.2 Å². The van der Waals surface area contributed by atoms with Crippen molar-refractivity contribution in [1.29, 1.82) is 0 Å². The number of sulfonamides is 1. The van der Waals surface area contributed by atoms with E-state index in [1.54, 1.807) is 35.7 Å². The fourth-order valence-corrected chi connectivity index (χ4v) is 4.55. The van der Waals surface area contributed by atoms with Crippen LogP contribution in [0.4, 0.5) is 5.69 Å². The highest BCUT2D eigenvalue weighted by molar-refractivity contribution is 7.91. The van der Waals surface area contributed by atoms with Crippen LogP contribution in [-0.4, -0.2) is 47.4 Å². The number of aryl methyl sites for hydroxylation is 1. The number of amides is 1. The van der Waals surface area contributed by atoms with E-state index in [2.05, 4.69) is 20.5 Å². The highest BCUT2D eigenvalue weighted by Gasteiger charge is 2.23. The topological polar surface area (TPSA) is 108 Å². The van der Waals surface area contributed by atoms with Gasteiger partial charge in [-0.3, -0.25) is 9.89 Å². The molecule has 0 fully saturated rings. The van der Waals surface area contributed by atoms with E-state index in [-0.39, 0.29) is 10.8 Å². The molecule has 0 radical (unpaired) electrons. The zero-order valence-electron chi connectivity index (χ0n) is 14.1. The third kappa shape index (κ3) is 3.98. The van der Waals surface area contributed by atoms with Crippen molar-refractivity contribution in [3.8, 4) is 11.4 Å². The van der Waals surface area contributed by atoms with Gasteiger partial charge in [-0.15, -0.1) is 11.3 Å². The summed E-state index contributed by atoms with van der Waals surface area (Å²) in [6.07, 6.45) is 0. The number of carbonyl (C=O) groups is 1. The molecule has 0 unspecified atom stereocenters. The van der Waals surface area contributed by atoms with Crippen molar-refractivity contribution in [3.63, 3.8) is 0 Å². The summed E-state index contributed by atoms with van der Waals surface area (Å²) in [5, 5.41) is 11.2. The van der Waals surface area contributed by atoms with Crippen LogP contribution in [0.5, 0.6) is 0 Å². The summed E-state index contributed by atoms with van der Waals surface area (Å²) in [6.45, 7) is 1.54. The Balaban J connectivity index is 1.63. The number of nitrogens with zero attached hydrogens (tertiary/aromatic N) is 3. The Labute approximate surface area is 154 Å². The average Bonchev–Trinajstić information content (AvgIpc) is 3.27. The molecule has 0 atom stereocenters. The number of H-pyrrole nitrogens is 1. The lowest BCUT2D eigenvalue weighted by molar-refractivity contribution is -0.116. The molecule has 3 aromatic rings. The first-order chi connectivity index (χ1) is 12.4. The minimum absolute atomic E-state index is 0.207. The second-order valence-corrected chi connectivity index (χ2v) is 8.78. The Hall–Kier alpha value is -2.56. The Morgan fingerprint density at radius 2 is 2.00 bits per heavy atom. The number of benzene rings is 1. The van der Waals surface area contributed by atoms with Crippen molar-refractivity contribution in [3.05, 3.63) is 47.6 Å². The molecule has 0 aliphatic rings. The first-order valence-electron chi connectivity index (χ1n) is 7.65. The lowest BCUT2D eigenvalue weighted by Crippen LogP contribution is -2.34. The minimum Gasteiger partial charge on any atom is -0.325 e. The molecular formula is C16H17N5O3S2. The van der Waals surface area contributed by atoms with Gasteiger partial charge in [0.05, 0.1) is 6.54 Å². The van der Waals surface area contributed by atoms with Crippen LogP contribution in [0, 0.1) is 6.92 Å². The molecule has 0 spiro atoms. The summed E-state index contributed by atoms with van der Waals surface area (Å²) < 4.78 is 25.9. The van der Waals surface area contributed by atoms with E-state index in [1.165, 1.54) is 13.1 Å². The number of hydrogen-bond donors (Lipinski definition) is 2. The standard InChI is InChI=1S/C16H17N5O3S2/c1-11-17-16(20-19-11)12-5-7-13(8-6-12)18-14(22)10-21(2)26(23,24)15-4-3-9-25-15/h3-9H,10H2,1-2H3,(H,18,22)(H,17,19,20). The lowest BCUT2D eigenvalue weighted by atomic mass is 10.2. The molecular weight excluding hydrogens is 374 g/mol. The molecule has 1 amide bonds. The zero-order valence-corrected chi connectivity index (χ0v) is 15.8. The predicted molar refractivity (Wildman–Crippen MR) is 99.3 cm³/mol. The smallest absolute Gasteiger partial charge is 0.252 e. The van der Waals surface area contributed by atoms with Crippen LogP contribution in [0.15, 0.2) is 46.0 Å². The van der Waals surface area contributed by atoms with Gasteiger partial charge in [0.2, 0.25) is 5.91 Å². The molecule has 0 aliphatic heterocycles. The van der Waals surface area contributed by atoms with E-state index in [4.69, 9.17) is 0 Å². The van der Waals surface area contributed by atoms with Gasteiger partial charge < -0.3 is 5.32 Å². The molecule has 0 saturated carbocycles. The van der Waals surface area contributed by atoms with Gasteiger partial charge in [0.1, 0.15) is 10.0 Å². The van der Waals surface area contributed by atoms with Gasteiger partial charge in [0.25, 0.3) is 10.0 Å². The quantitative estimate of drug-likeness (QED) is 0.669.